The van der Waals surface area contributed by atoms with Gasteiger partial charge in [-0.15, -0.1) is 11.3 Å². The topological polar surface area (TPSA) is 34.9 Å². The van der Waals surface area contributed by atoms with Crippen LogP contribution in [0.2, 0.25) is 0 Å². The largest absolute Gasteiger partial charge is 0.294 e. The fourth-order valence-electron chi connectivity index (χ4n) is 3.58. The molecule has 5 heteroatoms. The maximum absolute atomic E-state index is 14.0. The average Bonchev–Trinajstić information content (AvgIpc) is 3.23. The molecular weight excluding hydrogens is 395 g/mol. The highest BCUT2D eigenvalue weighted by atomic mass is 32.1. The van der Waals surface area contributed by atoms with Gasteiger partial charge in [-0.1, -0.05) is 72.8 Å². The minimum absolute atomic E-state index is 0.149. The van der Waals surface area contributed by atoms with E-state index in [2.05, 4.69) is 29.2 Å². The van der Waals surface area contributed by atoms with Gasteiger partial charge in [0.2, 0.25) is 0 Å². The molecule has 3 aromatic carbocycles. The van der Waals surface area contributed by atoms with E-state index in [1.165, 1.54) is 28.3 Å². The van der Waals surface area contributed by atoms with E-state index < -0.39 is 0 Å². The first-order valence-electron chi connectivity index (χ1n) is 9.56. The molecule has 3 nitrogen and oxygen atoms in total. The van der Waals surface area contributed by atoms with Gasteiger partial charge in [0.15, 0.2) is 0 Å². The lowest BCUT2D eigenvalue weighted by Crippen LogP contribution is -2.21. The third-order valence-electron chi connectivity index (χ3n) is 5.16. The molecule has 0 saturated heterocycles. The van der Waals surface area contributed by atoms with Crippen LogP contribution >= 0.6 is 11.3 Å². The zero-order chi connectivity index (χ0) is 20.5. The molecule has 0 unspecified atom stereocenters. The Bertz CT molecular complexity index is 1390. The van der Waals surface area contributed by atoms with Crippen molar-refractivity contribution in [3.8, 4) is 22.3 Å². The van der Waals surface area contributed by atoms with E-state index >= 15 is 0 Å². The Morgan fingerprint density at radius 2 is 1.50 bits per heavy atom. The van der Waals surface area contributed by atoms with Crippen LogP contribution in [0.1, 0.15) is 5.56 Å². The zero-order valence-corrected chi connectivity index (χ0v) is 16.8. The van der Waals surface area contributed by atoms with Gasteiger partial charge in [-0.25, -0.2) is 9.37 Å². The fourth-order valence-corrected chi connectivity index (χ4v) is 4.48. The van der Waals surface area contributed by atoms with Crippen molar-refractivity contribution in [2.75, 3.05) is 0 Å². The molecule has 146 valence electrons. The molecule has 5 rings (SSSR count). The van der Waals surface area contributed by atoms with Gasteiger partial charge in [0, 0.05) is 16.5 Å². The van der Waals surface area contributed by atoms with Crippen molar-refractivity contribution in [1.29, 1.82) is 0 Å². The fraction of sp³-hybridized carbons (Fsp3) is 0.0400. The molecule has 2 heterocycles. The van der Waals surface area contributed by atoms with Gasteiger partial charge in [0.05, 0.1) is 18.3 Å². The molecule has 0 amide bonds. The van der Waals surface area contributed by atoms with Gasteiger partial charge in [-0.05, 0) is 22.8 Å². The molecule has 2 aromatic heterocycles. The number of thiophene rings is 1. The lowest BCUT2D eigenvalue weighted by molar-refractivity contribution is 0.595. The van der Waals surface area contributed by atoms with E-state index in [1.54, 1.807) is 18.2 Å². The second-order valence-electron chi connectivity index (χ2n) is 7.04. The number of nitrogens with zero attached hydrogens (tertiary/aromatic N) is 2. The van der Waals surface area contributed by atoms with Crippen LogP contribution in [-0.2, 0) is 6.54 Å². The summed E-state index contributed by atoms with van der Waals surface area (Å²) < 4.78 is 15.5. The van der Waals surface area contributed by atoms with Crippen LogP contribution < -0.4 is 5.56 Å². The van der Waals surface area contributed by atoms with E-state index in [0.717, 1.165) is 22.3 Å². The van der Waals surface area contributed by atoms with Crippen molar-refractivity contribution in [1.82, 2.24) is 9.55 Å². The zero-order valence-electron chi connectivity index (χ0n) is 16.0. The Morgan fingerprint density at radius 1 is 0.833 bits per heavy atom. The highest BCUT2D eigenvalue weighted by Crippen LogP contribution is 2.32. The van der Waals surface area contributed by atoms with Crippen LogP contribution in [0.3, 0.4) is 0 Å². The summed E-state index contributed by atoms with van der Waals surface area (Å²) in [4.78, 5) is 18.3. The van der Waals surface area contributed by atoms with Gasteiger partial charge in [-0.3, -0.25) is 9.36 Å². The highest BCUT2D eigenvalue weighted by Gasteiger charge is 2.14. The standard InChI is InChI=1S/C25H17FN2OS/c26-22-9-5-4-8-20(22)14-28-16-27-24-23(25(28)29)21(15-30-24)19-12-10-18(11-13-19)17-6-2-1-3-7-17/h1-13,15-16H,14H2. The number of hydrogen-bond donors (Lipinski definition) is 0. The molecule has 0 spiro atoms. The van der Waals surface area contributed by atoms with E-state index in [4.69, 9.17) is 0 Å². The van der Waals surface area contributed by atoms with E-state index in [9.17, 15) is 9.18 Å². The monoisotopic (exact) mass is 412 g/mol. The smallest absolute Gasteiger partial charge is 0.263 e. The van der Waals surface area contributed by atoms with Crippen LogP contribution in [0.15, 0.2) is 95.4 Å². The summed E-state index contributed by atoms with van der Waals surface area (Å²) in [5, 5.41) is 2.54. The van der Waals surface area contributed by atoms with Crippen LogP contribution in [0.5, 0.6) is 0 Å². The van der Waals surface area contributed by atoms with Gasteiger partial charge in [-0.2, -0.15) is 0 Å². The molecule has 5 aromatic rings. The van der Waals surface area contributed by atoms with E-state index in [0.29, 0.717) is 15.8 Å². The molecule has 0 aliphatic carbocycles. The number of halogens is 1. The van der Waals surface area contributed by atoms with E-state index in [1.807, 2.05) is 35.7 Å². The van der Waals surface area contributed by atoms with Gasteiger partial charge >= 0.3 is 0 Å². The predicted molar refractivity (Wildman–Crippen MR) is 120 cm³/mol. The van der Waals surface area contributed by atoms with Crippen molar-refractivity contribution < 1.29 is 4.39 Å². The van der Waals surface area contributed by atoms with Crippen LogP contribution in [0, 0.1) is 5.82 Å². The number of benzene rings is 3. The van der Waals surface area contributed by atoms with Crippen molar-refractivity contribution in [3.63, 3.8) is 0 Å². The van der Waals surface area contributed by atoms with Gasteiger partial charge < -0.3 is 0 Å². The van der Waals surface area contributed by atoms with E-state index in [-0.39, 0.29) is 17.9 Å². The maximum Gasteiger partial charge on any atom is 0.263 e. The van der Waals surface area contributed by atoms with Crippen LogP contribution in [0.25, 0.3) is 32.5 Å². The lowest BCUT2D eigenvalue weighted by Gasteiger charge is -2.08. The number of hydrogen-bond acceptors (Lipinski definition) is 3. The van der Waals surface area contributed by atoms with Crippen LogP contribution in [0.4, 0.5) is 4.39 Å². The molecule has 0 bridgehead atoms. The van der Waals surface area contributed by atoms with Gasteiger partial charge in [0.1, 0.15) is 10.6 Å². The number of fused-ring (bicyclic) bond motifs is 1. The third kappa shape index (κ3) is 3.33. The minimum atomic E-state index is -0.327. The summed E-state index contributed by atoms with van der Waals surface area (Å²) >= 11 is 1.44. The van der Waals surface area contributed by atoms with Crippen molar-refractivity contribution in [3.05, 3.63) is 112 Å². The SMILES string of the molecule is O=c1c2c(-c3ccc(-c4ccccc4)cc3)csc2ncn1Cc1ccccc1F. The van der Waals surface area contributed by atoms with Gasteiger partial charge in [0.25, 0.3) is 5.56 Å². The van der Waals surface area contributed by atoms with Crippen LogP contribution in [-0.4, -0.2) is 9.55 Å². The minimum Gasteiger partial charge on any atom is -0.294 e. The summed E-state index contributed by atoms with van der Waals surface area (Å²) in [6, 6.07) is 24.8. The maximum atomic E-state index is 14.0. The molecule has 0 fully saturated rings. The highest BCUT2D eigenvalue weighted by molar-refractivity contribution is 7.17. The molecule has 30 heavy (non-hydrogen) atoms. The lowest BCUT2D eigenvalue weighted by atomic mass is 10.0. The summed E-state index contributed by atoms with van der Waals surface area (Å²) in [6.07, 6.45) is 1.50. The Morgan fingerprint density at radius 3 is 2.27 bits per heavy atom. The first-order valence-corrected chi connectivity index (χ1v) is 10.4. The third-order valence-corrected chi connectivity index (χ3v) is 6.05. The summed E-state index contributed by atoms with van der Waals surface area (Å²) in [5.74, 6) is -0.327. The summed E-state index contributed by atoms with van der Waals surface area (Å²) in [7, 11) is 0. The first kappa shape index (κ1) is 18.5. The predicted octanol–water partition coefficient (Wildman–Crippen LogP) is 5.98. The number of rotatable bonds is 4. The normalized spacial score (nSPS) is 11.1. The first-order chi connectivity index (χ1) is 14.7. The Labute approximate surface area is 176 Å². The summed E-state index contributed by atoms with van der Waals surface area (Å²) in [6.45, 7) is 0.149. The summed E-state index contributed by atoms with van der Waals surface area (Å²) in [5.41, 5.74) is 4.39. The molecule has 0 atom stereocenters. The molecule has 0 radical (unpaired) electrons. The Hall–Kier alpha value is -3.57. The number of aromatic nitrogens is 2. The molecular formula is C25H17FN2OS. The second kappa shape index (κ2) is 7.69. The molecule has 0 aliphatic rings. The Balaban J connectivity index is 1.56. The average molecular weight is 412 g/mol. The van der Waals surface area contributed by atoms with Crippen molar-refractivity contribution in [2.24, 2.45) is 0 Å². The quantitative estimate of drug-likeness (QED) is 0.364. The van der Waals surface area contributed by atoms with Crippen molar-refractivity contribution >= 4 is 21.6 Å². The molecule has 0 aliphatic heterocycles. The molecule has 0 N–H and O–H groups in total. The Kier molecular flexibility index (Phi) is 4.73. The molecule has 0 saturated carbocycles. The van der Waals surface area contributed by atoms with Crippen molar-refractivity contribution in [2.45, 2.75) is 6.54 Å². The second-order valence-corrected chi connectivity index (χ2v) is 7.90.